The fraction of sp³-hybridized carbons (Fsp3) is 0.250. The first kappa shape index (κ1) is 11.2. The molecule has 0 saturated heterocycles. The number of H-pyrrole nitrogens is 1. The Morgan fingerprint density at radius 3 is 2.44 bits per heavy atom. The van der Waals surface area contributed by atoms with Crippen molar-refractivity contribution in [1.29, 1.82) is 0 Å². The maximum absolute atomic E-state index is 11.9. The van der Waals surface area contributed by atoms with Gasteiger partial charge in [0.25, 0.3) is 5.56 Å². The highest BCUT2D eigenvalue weighted by molar-refractivity contribution is 9.10. The second-order valence-corrected chi connectivity index (χ2v) is 4.85. The Bertz CT molecular complexity index is 596. The van der Waals surface area contributed by atoms with Gasteiger partial charge in [0.1, 0.15) is 0 Å². The van der Waals surface area contributed by atoms with Gasteiger partial charge in [-0.3, -0.25) is 9.89 Å². The largest absolute Gasteiger partial charge is 0.295 e. The number of halogens is 1. The van der Waals surface area contributed by atoms with Crippen LogP contribution >= 0.6 is 15.9 Å². The van der Waals surface area contributed by atoms with Crippen molar-refractivity contribution in [2.75, 3.05) is 0 Å². The number of hydrogen-bond donors (Lipinski definition) is 1. The number of hydrogen-bond acceptors (Lipinski definition) is 1. The third kappa shape index (κ3) is 1.73. The summed E-state index contributed by atoms with van der Waals surface area (Å²) < 4.78 is 2.61. The molecular weight excluding hydrogens is 268 g/mol. The zero-order chi connectivity index (χ0) is 11.9. The van der Waals surface area contributed by atoms with Crippen LogP contribution in [0.2, 0.25) is 0 Å². The quantitative estimate of drug-likeness (QED) is 0.857. The third-order valence-corrected chi connectivity index (χ3v) is 3.26. The lowest BCUT2D eigenvalue weighted by Gasteiger charge is -2.06. The Morgan fingerprint density at radius 2 is 1.94 bits per heavy atom. The van der Waals surface area contributed by atoms with Crippen molar-refractivity contribution in [3.63, 3.8) is 0 Å². The smallest absolute Gasteiger partial charge is 0.274 e. The minimum absolute atomic E-state index is 0.0166. The van der Waals surface area contributed by atoms with Crippen LogP contribution in [0.1, 0.15) is 16.8 Å². The molecule has 2 aromatic rings. The summed E-state index contributed by atoms with van der Waals surface area (Å²) in [5, 5.41) is 3.08. The summed E-state index contributed by atoms with van der Waals surface area (Å²) in [5.74, 6) is 0. The number of benzene rings is 1. The molecule has 1 aromatic carbocycles. The van der Waals surface area contributed by atoms with E-state index in [2.05, 4.69) is 21.0 Å². The summed E-state index contributed by atoms with van der Waals surface area (Å²) in [6.07, 6.45) is 0. The number of nitrogens with zero attached hydrogens (tertiary/aromatic N) is 1. The van der Waals surface area contributed by atoms with Crippen LogP contribution in [0.5, 0.6) is 0 Å². The van der Waals surface area contributed by atoms with E-state index in [1.54, 1.807) is 4.68 Å². The summed E-state index contributed by atoms with van der Waals surface area (Å²) in [6.45, 7) is 5.72. The fourth-order valence-electron chi connectivity index (χ4n) is 1.67. The molecule has 0 spiro atoms. The van der Waals surface area contributed by atoms with Crippen molar-refractivity contribution >= 4 is 15.9 Å². The molecule has 3 nitrogen and oxygen atoms in total. The first-order valence-electron chi connectivity index (χ1n) is 5.05. The van der Waals surface area contributed by atoms with E-state index in [0.717, 1.165) is 27.0 Å². The van der Waals surface area contributed by atoms with Crippen LogP contribution in [0.4, 0.5) is 0 Å². The van der Waals surface area contributed by atoms with Gasteiger partial charge in [-0.15, -0.1) is 0 Å². The minimum Gasteiger partial charge on any atom is -0.295 e. The van der Waals surface area contributed by atoms with Gasteiger partial charge in [0.2, 0.25) is 0 Å². The number of nitrogens with one attached hydrogen (secondary N) is 1. The summed E-state index contributed by atoms with van der Waals surface area (Å²) >= 11 is 3.41. The van der Waals surface area contributed by atoms with Crippen molar-refractivity contribution < 1.29 is 0 Å². The molecule has 0 aliphatic rings. The topological polar surface area (TPSA) is 37.8 Å². The van der Waals surface area contributed by atoms with Crippen LogP contribution in [-0.4, -0.2) is 9.78 Å². The molecule has 1 N–H and O–H groups in total. The molecule has 4 heteroatoms. The molecule has 2 rings (SSSR count). The third-order valence-electron chi connectivity index (χ3n) is 2.77. The molecule has 0 atom stereocenters. The van der Waals surface area contributed by atoms with Gasteiger partial charge in [0.05, 0.1) is 5.69 Å². The van der Waals surface area contributed by atoms with Crippen LogP contribution in [0.15, 0.2) is 27.5 Å². The molecule has 0 saturated carbocycles. The average molecular weight is 281 g/mol. The van der Waals surface area contributed by atoms with E-state index in [1.165, 1.54) is 0 Å². The van der Waals surface area contributed by atoms with E-state index in [1.807, 2.05) is 39.0 Å². The molecular formula is C12H13BrN2O. The van der Waals surface area contributed by atoms with Crippen LogP contribution in [-0.2, 0) is 0 Å². The van der Waals surface area contributed by atoms with Crippen molar-refractivity contribution in [2.24, 2.45) is 0 Å². The summed E-state index contributed by atoms with van der Waals surface area (Å²) in [5.41, 5.74) is 3.64. The molecule has 0 amide bonds. The van der Waals surface area contributed by atoms with Crippen LogP contribution < -0.4 is 5.56 Å². The number of aromatic nitrogens is 2. The minimum atomic E-state index is 0.0166. The number of rotatable bonds is 1. The zero-order valence-corrected chi connectivity index (χ0v) is 11.1. The SMILES string of the molecule is Cc1cc(Br)ccc1-n1[nH]c(C)c(C)c1=O. The van der Waals surface area contributed by atoms with Crippen molar-refractivity contribution in [3.8, 4) is 5.69 Å². The van der Waals surface area contributed by atoms with Crippen molar-refractivity contribution in [1.82, 2.24) is 9.78 Å². The van der Waals surface area contributed by atoms with E-state index in [9.17, 15) is 4.79 Å². The van der Waals surface area contributed by atoms with E-state index in [0.29, 0.717) is 0 Å². The molecule has 16 heavy (non-hydrogen) atoms. The predicted octanol–water partition coefficient (Wildman–Crippen LogP) is 2.85. The summed E-state index contributed by atoms with van der Waals surface area (Å²) in [4.78, 5) is 11.9. The van der Waals surface area contributed by atoms with Crippen molar-refractivity contribution in [2.45, 2.75) is 20.8 Å². The average Bonchev–Trinajstić information content (AvgIpc) is 2.46. The summed E-state index contributed by atoms with van der Waals surface area (Å²) in [7, 11) is 0. The van der Waals surface area contributed by atoms with Crippen molar-refractivity contribution in [3.05, 3.63) is 49.8 Å². The first-order chi connectivity index (χ1) is 7.50. The Labute approximate surface area is 102 Å². The van der Waals surface area contributed by atoms with Gasteiger partial charge in [0.15, 0.2) is 0 Å². The first-order valence-corrected chi connectivity index (χ1v) is 5.84. The van der Waals surface area contributed by atoms with E-state index in [-0.39, 0.29) is 5.56 Å². The normalized spacial score (nSPS) is 10.8. The lowest BCUT2D eigenvalue weighted by atomic mass is 10.2. The fourth-order valence-corrected chi connectivity index (χ4v) is 2.15. The Balaban J connectivity index is 2.68. The Hall–Kier alpha value is -1.29. The van der Waals surface area contributed by atoms with Gasteiger partial charge in [-0.1, -0.05) is 15.9 Å². The molecule has 1 heterocycles. The van der Waals surface area contributed by atoms with Crippen LogP contribution in [0.25, 0.3) is 5.69 Å². The molecule has 0 aliphatic heterocycles. The molecule has 0 aliphatic carbocycles. The molecule has 84 valence electrons. The highest BCUT2D eigenvalue weighted by atomic mass is 79.9. The highest BCUT2D eigenvalue weighted by Crippen LogP contribution is 2.18. The Morgan fingerprint density at radius 1 is 1.25 bits per heavy atom. The maximum Gasteiger partial charge on any atom is 0.274 e. The Kier molecular flexibility index (Phi) is 2.76. The van der Waals surface area contributed by atoms with Gasteiger partial charge >= 0.3 is 0 Å². The standard InChI is InChI=1S/C12H13BrN2O/c1-7-6-10(13)4-5-11(7)15-12(16)8(2)9(3)14-15/h4-6,14H,1-3H3. The predicted molar refractivity (Wildman–Crippen MR) is 68.3 cm³/mol. The highest BCUT2D eigenvalue weighted by Gasteiger charge is 2.09. The van der Waals surface area contributed by atoms with E-state index < -0.39 is 0 Å². The van der Waals surface area contributed by atoms with Gasteiger partial charge in [-0.2, -0.15) is 0 Å². The van der Waals surface area contributed by atoms with Gasteiger partial charge in [-0.05, 0) is 44.5 Å². The second kappa shape index (κ2) is 3.94. The van der Waals surface area contributed by atoms with Gasteiger partial charge in [0, 0.05) is 15.7 Å². The monoisotopic (exact) mass is 280 g/mol. The zero-order valence-electron chi connectivity index (χ0n) is 9.47. The molecule has 0 bridgehead atoms. The lowest BCUT2D eigenvalue weighted by molar-refractivity contribution is 0.828. The lowest BCUT2D eigenvalue weighted by Crippen LogP contribution is -2.16. The van der Waals surface area contributed by atoms with Crippen LogP contribution in [0.3, 0.4) is 0 Å². The van der Waals surface area contributed by atoms with Gasteiger partial charge in [-0.25, -0.2) is 4.68 Å². The molecule has 1 aromatic heterocycles. The van der Waals surface area contributed by atoms with Gasteiger partial charge < -0.3 is 0 Å². The molecule has 0 unspecified atom stereocenters. The second-order valence-electron chi connectivity index (χ2n) is 3.93. The van der Waals surface area contributed by atoms with E-state index >= 15 is 0 Å². The number of aryl methyl sites for hydroxylation is 2. The molecule has 0 fully saturated rings. The van der Waals surface area contributed by atoms with E-state index in [4.69, 9.17) is 0 Å². The molecule has 0 radical (unpaired) electrons. The number of aromatic amines is 1. The van der Waals surface area contributed by atoms with Crippen LogP contribution in [0, 0.1) is 20.8 Å². The summed E-state index contributed by atoms with van der Waals surface area (Å²) in [6, 6.07) is 5.85. The maximum atomic E-state index is 11.9.